The Morgan fingerprint density at radius 2 is 1.93 bits per heavy atom. The third-order valence-corrected chi connectivity index (χ3v) is 4.60. The van der Waals surface area contributed by atoms with Crippen LogP contribution in [0.15, 0.2) is 54.6 Å². The molecule has 3 aromatic rings. The molecule has 7 heteroatoms. The molecule has 3 rings (SSSR count). The summed E-state index contributed by atoms with van der Waals surface area (Å²) in [6.45, 7) is 0.0207. The van der Waals surface area contributed by atoms with Gasteiger partial charge in [-0.25, -0.2) is 8.78 Å². The van der Waals surface area contributed by atoms with E-state index in [2.05, 4.69) is 5.32 Å². The fourth-order valence-electron chi connectivity index (χ4n) is 2.89. The molecule has 0 bridgehead atoms. The first-order valence-electron chi connectivity index (χ1n) is 8.59. The fraction of sp³-hybridized carbons (Fsp3) is 0.0909. The Balaban J connectivity index is 1.88. The molecule has 3 aromatic carbocycles. The van der Waals surface area contributed by atoms with Gasteiger partial charge in [0.2, 0.25) is 0 Å². The van der Waals surface area contributed by atoms with Crippen molar-refractivity contribution in [3.05, 3.63) is 87.9 Å². The van der Waals surface area contributed by atoms with Gasteiger partial charge in [0.15, 0.2) is 6.29 Å². The van der Waals surface area contributed by atoms with E-state index in [0.29, 0.717) is 23.2 Å². The number of halogens is 3. The summed E-state index contributed by atoms with van der Waals surface area (Å²) in [7, 11) is 1.47. The molecule has 0 spiro atoms. The predicted octanol–water partition coefficient (Wildman–Crippen LogP) is 5.04. The van der Waals surface area contributed by atoms with Crippen molar-refractivity contribution in [2.75, 3.05) is 7.11 Å². The second-order valence-corrected chi connectivity index (χ2v) is 6.60. The quantitative estimate of drug-likeness (QED) is 0.574. The van der Waals surface area contributed by atoms with Crippen molar-refractivity contribution in [2.45, 2.75) is 6.54 Å². The highest BCUT2D eigenvalue weighted by Crippen LogP contribution is 2.29. The maximum Gasteiger partial charge on any atom is 0.254 e. The third-order valence-electron chi connectivity index (χ3n) is 4.36. The lowest BCUT2D eigenvalue weighted by Gasteiger charge is -2.13. The lowest BCUT2D eigenvalue weighted by atomic mass is 9.99. The van der Waals surface area contributed by atoms with Crippen LogP contribution in [-0.4, -0.2) is 19.3 Å². The summed E-state index contributed by atoms with van der Waals surface area (Å²) in [6, 6.07) is 13.2. The first-order chi connectivity index (χ1) is 13.9. The first-order valence-corrected chi connectivity index (χ1v) is 8.96. The van der Waals surface area contributed by atoms with E-state index in [1.54, 1.807) is 30.3 Å². The lowest BCUT2D eigenvalue weighted by Crippen LogP contribution is -2.24. The number of nitrogens with one attached hydrogen (secondary N) is 1. The fourth-order valence-corrected chi connectivity index (χ4v) is 3.05. The third kappa shape index (κ3) is 4.43. The molecule has 0 radical (unpaired) electrons. The van der Waals surface area contributed by atoms with E-state index in [9.17, 15) is 18.4 Å². The van der Waals surface area contributed by atoms with Crippen LogP contribution in [0.3, 0.4) is 0 Å². The normalized spacial score (nSPS) is 10.5. The van der Waals surface area contributed by atoms with Crippen LogP contribution >= 0.6 is 11.6 Å². The van der Waals surface area contributed by atoms with Crippen molar-refractivity contribution in [3.63, 3.8) is 0 Å². The van der Waals surface area contributed by atoms with E-state index >= 15 is 0 Å². The van der Waals surface area contributed by atoms with Crippen LogP contribution in [-0.2, 0) is 6.54 Å². The number of methoxy groups -OCH3 is 1. The van der Waals surface area contributed by atoms with Gasteiger partial charge in [0.25, 0.3) is 5.91 Å². The van der Waals surface area contributed by atoms with Crippen molar-refractivity contribution < 1.29 is 23.1 Å². The molecule has 148 valence electrons. The number of aldehydes is 1. The van der Waals surface area contributed by atoms with Crippen molar-refractivity contribution in [2.24, 2.45) is 0 Å². The van der Waals surface area contributed by atoms with Gasteiger partial charge >= 0.3 is 0 Å². The molecule has 0 fully saturated rings. The number of benzene rings is 3. The number of rotatable bonds is 6. The zero-order chi connectivity index (χ0) is 21.0. The van der Waals surface area contributed by atoms with E-state index < -0.39 is 17.5 Å². The van der Waals surface area contributed by atoms with Crippen molar-refractivity contribution >= 4 is 23.8 Å². The maximum absolute atomic E-state index is 14.5. The number of hydrogen-bond acceptors (Lipinski definition) is 3. The van der Waals surface area contributed by atoms with Gasteiger partial charge in [0.1, 0.15) is 17.4 Å². The Morgan fingerprint density at radius 1 is 1.14 bits per heavy atom. The highest BCUT2D eigenvalue weighted by atomic mass is 35.5. The zero-order valence-corrected chi connectivity index (χ0v) is 16.1. The largest absolute Gasteiger partial charge is 0.496 e. The van der Waals surface area contributed by atoms with E-state index in [1.165, 1.54) is 25.3 Å². The van der Waals surface area contributed by atoms with Gasteiger partial charge in [-0.2, -0.15) is 0 Å². The van der Waals surface area contributed by atoms with Crippen molar-refractivity contribution in [1.82, 2.24) is 5.32 Å². The summed E-state index contributed by atoms with van der Waals surface area (Å²) in [4.78, 5) is 23.3. The molecule has 4 nitrogen and oxygen atoms in total. The Labute approximate surface area is 171 Å². The molecular formula is C22H16ClF2NO3. The topological polar surface area (TPSA) is 55.4 Å². The molecule has 0 atom stereocenters. The van der Waals surface area contributed by atoms with Gasteiger partial charge in [-0.05, 0) is 42.0 Å². The molecule has 0 heterocycles. The average molecular weight is 416 g/mol. The molecule has 0 saturated heterocycles. The molecule has 0 aromatic heterocycles. The summed E-state index contributed by atoms with van der Waals surface area (Å²) in [5.74, 6) is -1.52. The van der Waals surface area contributed by atoms with E-state index in [-0.39, 0.29) is 28.3 Å². The standard InChI is InChI=1S/C22H16ClF2NO3/c1-29-20-8-5-13(17-4-2-3-14(12-27)21(17)25)9-15(20)11-26-22(28)18-7-6-16(23)10-19(18)24/h2-10,12H,11H2,1H3,(H,26,28). The Kier molecular flexibility index (Phi) is 6.24. The van der Waals surface area contributed by atoms with Crippen LogP contribution in [0.25, 0.3) is 11.1 Å². The van der Waals surface area contributed by atoms with Crippen LogP contribution in [0.5, 0.6) is 5.75 Å². The first kappa shape index (κ1) is 20.5. The van der Waals surface area contributed by atoms with Gasteiger partial charge < -0.3 is 10.1 Å². The minimum Gasteiger partial charge on any atom is -0.496 e. The second kappa shape index (κ2) is 8.84. The SMILES string of the molecule is COc1ccc(-c2cccc(C=O)c2F)cc1CNC(=O)c1ccc(Cl)cc1F. The Morgan fingerprint density at radius 3 is 2.62 bits per heavy atom. The molecular weight excluding hydrogens is 400 g/mol. The number of amides is 1. The predicted molar refractivity (Wildman–Crippen MR) is 106 cm³/mol. The summed E-state index contributed by atoms with van der Waals surface area (Å²) >= 11 is 5.70. The molecule has 0 aliphatic heterocycles. The summed E-state index contributed by atoms with van der Waals surface area (Å²) in [6.07, 6.45) is 0.449. The summed E-state index contributed by atoms with van der Waals surface area (Å²) < 4.78 is 33.7. The monoisotopic (exact) mass is 415 g/mol. The second-order valence-electron chi connectivity index (χ2n) is 6.16. The van der Waals surface area contributed by atoms with Gasteiger partial charge in [-0.15, -0.1) is 0 Å². The molecule has 1 amide bonds. The van der Waals surface area contributed by atoms with Crippen molar-refractivity contribution in [1.29, 1.82) is 0 Å². The molecule has 29 heavy (non-hydrogen) atoms. The molecule has 1 N–H and O–H groups in total. The van der Waals surface area contributed by atoms with Crippen LogP contribution in [0, 0.1) is 11.6 Å². The van der Waals surface area contributed by atoms with Crippen LogP contribution in [0.4, 0.5) is 8.78 Å². The summed E-state index contributed by atoms with van der Waals surface area (Å²) in [5.41, 5.74) is 1.12. The van der Waals surface area contributed by atoms with Gasteiger partial charge in [-0.1, -0.05) is 29.8 Å². The van der Waals surface area contributed by atoms with Crippen molar-refractivity contribution in [3.8, 4) is 16.9 Å². The van der Waals surface area contributed by atoms with Gasteiger partial charge in [0, 0.05) is 22.7 Å². The molecule has 0 aliphatic carbocycles. The van der Waals surface area contributed by atoms with Crippen LogP contribution < -0.4 is 10.1 Å². The molecule has 0 unspecified atom stereocenters. The van der Waals surface area contributed by atoms with E-state index in [1.807, 2.05) is 0 Å². The lowest BCUT2D eigenvalue weighted by molar-refractivity contribution is 0.0946. The minimum atomic E-state index is -0.733. The molecule has 0 saturated carbocycles. The maximum atomic E-state index is 14.5. The number of carbonyl (C=O) groups is 2. The number of ether oxygens (including phenoxy) is 1. The van der Waals surface area contributed by atoms with Gasteiger partial charge in [0.05, 0.1) is 18.2 Å². The van der Waals surface area contributed by atoms with E-state index in [4.69, 9.17) is 16.3 Å². The smallest absolute Gasteiger partial charge is 0.254 e. The Bertz CT molecular complexity index is 1090. The minimum absolute atomic E-state index is 0.0207. The van der Waals surface area contributed by atoms with Crippen LogP contribution in [0.2, 0.25) is 5.02 Å². The van der Waals surface area contributed by atoms with Gasteiger partial charge in [-0.3, -0.25) is 9.59 Å². The number of hydrogen-bond donors (Lipinski definition) is 1. The number of carbonyl (C=O) groups excluding carboxylic acids is 2. The zero-order valence-electron chi connectivity index (χ0n) is 15.3. The average Bonchev–Trinajstić information content (AvgIpc) is 2.72. The Hall–Kier alpha value is -3.25. The molecule has 0 aliphatic rings. The highest BCUT2D eigenvalue weighted by Gasteiger charge is 2.15. The van der Waals surface area contributed by atoms with E-state index in [0.717, 1.165) is 6.07 Å². The van der Waals surface area contributed by atoms with Crippen LogP contribution in [0.1, 0.15) is 26.3 Å². The summed E-state index contributed by atoms with van der Waals surface area (Å²) in [5, 5.41) is 2.80. The highest BCUT2D eigenvalue weighted by molar-refractivity contribution is 6.30.